The van der Waals surface area contributed by atoms with Gasteiger partial charge in [-0.1, -0.05) is 22.9 Å². The normalized spacial score (nSPS) is 20.2. The van der Waals surface area contributed by atoms with Crippen molar-refractivity contribution in [1.29, 1.82) is 0 Å². The maximum Gasteiger partial charge on any atom is 0.231 e. The zero-order valence-electron chi connectivity index (χ0n) is 13.0. The molecular weight excluding hydrogens is 367 g/mol. The Bertz CT molecular complexity index is 854. The van der Waals surface area contributed by atoms with Gasteiger partial charge in [0.1, 0.15) is 10.8 Å². The smallest absolute Gasteiger partial charge is 0.231 e. The first kappa shape index (κ1) is 16.4. The van der Waals surface area contributed by atoms with Gasteiger partial charge < -0.3 is 10.2 Å². The van der Waals surface area contributed by atoms with Crippen LogP contribution in [-0.2, 0) is 9.59 Å². The van der Waals surface area contributed by atoms with Crippen molar-refractivity contribution in [3.05, 3.63) is 34.0 Å². The molecule has 9 heteroatoms. The molecule has 6 nitrogen and oxygen atoms in total. The first-order valence-electron chi connectivity index (χ1n) is 7.91. The number of benzene rings is 1. The van der Waals surface area contributed by atoms with Crippen molar-refractivity contribution in [3.8, 4) is 0 Å². The molecule has 2 heterocycles. The Labute approximate surface area is 152 Å². The van der Waals surface area contributed by atoms with Crippen LogP contribution in [0.15, 0.2) is 18.2 Å². The lowest BCUT2D eigenvalue weighted by atomic mass is 10.1. The zero-order valence-corrected chi connectivity index (χ0v) is 14.6. The molecule has 25 heavy (non-hydrogen) atoms. The fourth-order valence-corrected chi connectivity index (χ4v) is 3.86. The first-order chi connectivity index (χ1) is 12.0. The number of aromatic nitrogens is 2. The Morgan fingerprint density at radius 2 is 2.16 bits per heavy atom. The van der Waals surface area contributed by atoms with Crippen LogP contribution in [0, 0.1) is 11.7 Å². The summed E-state index contributed by atoms with van der Waals surface area (Å²) in [4.78, 5) is 26.1. The van der Waals surface area contributed by atoms with E-state index in [1.54, 1.807) is 0 Å². The van der Waals surface area contributed by atoms with Gasteiger partial charge in [-0.25, -0.2) is 4.39 Å². The molecule has 0 radical (unpaired) electrons. The fraction of sp³-hybridized carbons (Fsp3) is 0.375. The average Bonchev–Trinajstić information content (AvgIpc) is 3.21. The van der Waals surface area contributed by atoms with E-state index in [0.29, 0.717) is 16.7 Å². The van der Waals surface area contributed by atoms with Crippen molar-refractivity contribution >= 4 is 45.6 Å². The van der Waals surface area contributed by atoms with Gasteiger partial charge >= 0.3 is 0 Å². The van der Waals surface area contributed by atoms with E-state index in [4.69, 9.17) is 11.6 Å². The predicted molar refractivity (Wildman–Crippen MR) is 92.4 cm³/mol. The summed E-state index contributed by atoms with van der Waals surface area (Å²) >= 11 is 7.15. The molecule has 1 N–H and O–H groups in total. The van der Waals surface area contributed by atoms with E-state index in [0.717, 1.165) is 17.8 Å². The number of nitrogens with one attached hydrogen (secondary N) is 1. The quantitative estimate of drug-likeness (QED) is 0.883. The summed E-state index contributed by atoms with van der Waals surface area (Å²) in [6, 6.07) is 4.08. The monoisotopic (exact) mass is 380 g/mol. The highest BCUT2D eigenvalue weighted by atomic mass is 35.5. The second-order valence-electron chi connectivity index (χ2n) is 6.21. The molecule has 0 spiro atoms. The summed E-state index contributed by atoms with van der Waals surface area (Å²) in [5, 5.41) is 12.2. The second-order valence-corrected chi connectivity index (χ2v) is 7.63. The van der Waals surface area contributed by atoms with E-state index in [-0.39, 0.29) is 29.8 Å². The van der Waals surface area contributed by atoms with E-state index in [1.807, 2.05) is 0 Å². The Morgan fingerprint density at radius 3 is 2.88 bits per heavy atom. The molecule has 2 aromatic rings. The van der Waals surface area contributed by atoms with Crippen LogP contribution in [0.25, 0.3) is 0 Å². The van der Waals surface area contributed by atoms with Crippen LogP contribution in [0.5, 0.6) is 0 Å². The highest BCUT2D eigenvalue weighted by molar-refractivity contribution is 7.15. The van der Waals surface area contributed by atoms with Gasteiger partial charge in [0.25, 0.3) is 0 Å². The minimum atomic E-state index is -0.547. The largest absolute Gasteiger partial charge is 0.312 e. The summed E-state index contributed by atoms with van der Waals surface area (Å²) < 4.78 is 13.3. The van der Waals surface area contributed by atoms with Crippen LogP contribution in [-0.4, -0.2) is 28.6 Å². The lowest BCUT2D eigenvalue weighted by Crippen LogP contribution is -2.28. The Kier molecular flexibility index (Phi) is 4.16. The van der Waals surface area contributed by atoms with Gasteiger partial charge in [-0.15, -0.1) is 10.2 Å². The van der Waals surface area contributed by atoms with Crippen molar-refractivity contribution in [2.75, 3.05) is 16.8 Å². The van der Waals surface area contributed by atoms with Gasteiger partial charge in [-0.3, -0.25) is 9.59 Å². The number of nitrogens with zero attached hydrogens (tertiary/aromatic N) is 3. The SMILES string of the molecule is O=C(Nc1nnc(C2CC2)s1)C1CC(=O)N(c2ccc(F)c(Cl)c2)C1. The lowest BCUT2D eigenvalue weighted by Gasteiger charge is -2.17. The summed E-state index contributed by atoms with van der Waals surface area (Å²) in [5.41, 5.74) is 0.485. The summed E-state index contributed by atoms with van der Waals surface area (Å²) in [6.45, 7) is 0.223. The third-order valence-corrected chi connectivity index (χ3v) is 5.60. The van der Waals surface area contributed by atoms with E-state index >= 15 is 0 Å². The Balaban J connectivity index is 1.43. The zero-order chi connectivity index (χ0) is 17.6. The molecule has 2 fully saturated rings. The summed E-state index contributed by atoms with van der Waals surface area (Å²) in [6.07, 6.45) is 2.33. The number of amides is 2. The molecule has 0 bridgehead atoms. The third-order valence-electron chi connectivity index (χ3n) is 4.31. The highest BCUT2D eigenvalue weighted by Gasteiger charge is 2.36. The molecule has 1 saturated carbocycles. The van der Waals surface area contributed by atoms with Crippen molar-refractivity contribution in [2.24, 2.45) is 5.92 Å². The molecule has 1 saturated heterocycles. The summed E-state index contributed by atoms with van der Waals surface area (Å²) in [5.74, 6) is -1.02. The van der Waals surface area contributed by atoms with Crippen molar-refractivity contribution in [2.45, 2.75) is 25.2 Å². The van der Waals surface area contributed by atoms with Crippen LogP contribution in [0.1, 0.15) is 30.2 Å². The van der Waals surface area contributed by atoms with E-state index < -0.39 is 11.7 Å². The van der Waals surface area contributed by atoms with Gasteiger partial charge in [-0.2, -0.15) is 0 Å². The molecule has 4 rings (SSSR count). The number of halogens is 2. The van der Waals surface area contributed by atoms with Crippen molar-refractivity contribution in [1.82, 2.24) is 10.2 Å². The predicted octanol–water partition coefficient (Wildman–Crippen LogP) is 3.20. The fourth-order valence-electron chi connectivity index (χ4n) is 2.77. The molecule has 1 aromatic carbocycles. The summed E-state index contributed by atoms with van der Waals surface area (Å²) in [7, 11) is 0. The first-order valence-corrected chi connectivity index (χ1v) is 9.10. The van der Waals surface area contributed by atoms with Crippen molar-refractivity contribution in [3.63, 3.8) is 0 Å². The highest BCUT2D eigenvalue weighted by Crippen LogP contribution is 2.42. The molecule has 130 valence electrons. The molecular formula is C16H14ClFN4O2S. The molecule has 1 aromatic heterocycles. The molecule has 1 aliphatic carbocycles. The second kappa shape index (κ2) is 6.34. The topological polar surface area (TPSA) is 75.2 Å². The minimum Gasteiger partial charge on any atom is -0.312 e. The molecule has 1 aliphatic heterocycles. The van der Waals surface area contributed by atoms with E-state index in [9.17, 15) is 14.0 Å². The van der Waals surface area contributed by atoms with E-state index in [1.165, 1.54) is 34.4 Å². The van der Waals surface area contributed by atoms with Gasteiger partial charge in [0.15, 0.2) is 0 Å². The standard InChI is InChI=1S/C16H14ClFN4O2S/c17-11-6-10(3-4-12(11)18)22-7-9(5-13(22)23)14(24)19-16-21-20-15(25-16)8-1-2-8/h3-4,6,8-9H,1-2,5,7H2,(H,19,21,24). The van der Waals surface area contributed by atoms with Crippen LogP contribution in [0.4, 0.5) is 15.2 Å². The van der Waals surface area contributed by atoms with Gasteiger partial charge in [0, 0.05) is 24.6 Å². The number of carbonyl (C=O) groups is 2. The average molecular weight is 381 g/mol. The Hall–Kier alpha value is -2.06. The molecule has 1 unspecified atom stereocenters. The van der Waals surface area contributed by atoms with Crippen LogP contribution in [0.3, 0.4) is 0 Å². The van der Waals surface area contributed by atoms with Crippen molar-refractivity contribution < 1.29 is 14.0 Å². The third kappa shape index (κ3) is 3.36. The number of carbonyl (C=O) groups excluding carboxylic acids is 2. The molecule has 2 aliphatic rings. The minimum absolute atomic E-state index is 0.0559. The molecule has 2 amide bonds. The van der Waals surface area contributed by atoms with Crippen LogP contribution < -0.4 is 10.2 Å². The number of hydrogen-bond acceptors (Lipinski definition) is 5. The maximum absolute atomic E-state index is 13.3. The number of hydrogen-bond donors (Lipinski definition) is 1. The number of rotatable bonds is 4. The number of anilines is 2. The van der Waals surface area contributed by atoms with Gasteiger partial charge in [-0.05, 0) is 31.0 Å². The van der Waals surface area contributed by atoms with Crippen LogP contribution in [0.2, 0.25) is 5.02 Å². The molecule has 1 atom stereocenters. The van der Waals surface area contributed by atoms with E-state index in [2.05, 4.69) is 15.5 Å². The van der Waals surface area contributed by atoms with Gasteiger partial charge in [0.2, 0.25) is 16.9 Å². The van der Waals surface area contributed by atoms with Crippen LogP contribution >= 0.6 is 22.9 Å². The lowest BCUT2D eigenvalue weighted by molar-refractivity contribution is -0.122. The maximum atomic E-state index is 13.3. The van der Waals surface area contributed by atoms with Gasteiger partial charge in [0.05, 0.1) is 10.9 Å². The Morgan fingerprint density at radius 1 is 1.36 bits per heavy atom.